The molecule has 6 nitrogen and oxygen atoms in total. The SMILES string of the molecule is CC(C)C1CC(C(=O)N2CCCC(C3NNCC3Cc3ccccc3)C2)NN1. The van der Waals surface area contributed by atoms with Crippen molar-refractivity contribution in [3.8, 4) is 0 Å². The molecule has 6 heteroatoms. The first-order valence-electron chi connectivity index (χ1n) is 10.9. The van der Waals surface area contributed by atoms with Gasteiger partial charge in [-0.15, -0.1) is 0 Å². The van der Waals surface area contributed by atoms with E-state index in [4.69, 9.17) is 0 Å². The number of hydrazine groups is 2. The highest BCUT2D eigenvalue weighted by Crippen LogP contribution is 2.28. The van der Waals surface area contributed by atoms with E-state index in [1.54, 1.807) is 0 Å². The molecule has 4 rings (SSSR count). The number of piperidine rings is 1. The van der Waals surface area contributed by atoms with Gasteiger partial charge >= 0.3 is 0 Å². The molecule has 3 saturated heterocycles. The lowest BCUT2D eigenvalue weighted by atomic mass is 9.81. The van der Waals surface area contributed by atoms with E-state index in [0.29, 0.717) is 29.8 Å². The third-order valence-corrected chi connectivity index (χ3v) is 6.79. The topological polar surface area (TPSA) is 68.4 Å². The molecule has 0 bridgehead atoms. The molecule has 3 heterocycles. The van der Waals surface area contributed by atoms with Crippen LogP contribution in [0.1, 0.15) is 38.7 Å². The predicted octanol–water partition coefficient (Wildman–Crippen LogP) is 1.45. The van der Waals surface area contributed by atoms with Gasteiger partial charge in [-0.3, -0.25) is 21.1 Å². The van der Waals surface area contributed by atoms with Crippen molar-refractivity contribution in [2.75, 3.05) is 19.6 Å². The van der Waals surface area contributed by atoms with Gasteiger partial charge < -0.3 is 4.90 Å². The molecule has 3 fully saturated rings. The number of amides is 1. The van der Waals surface area contributed by atoms with Crippen molar-refractivity contribution in [2.24, 2.45) is 17.8 Å². The molecule has 154 valence electrons. The summed E-state index contributed by atoms with van der Waals surface area (Å²) in [5.74, 6) is 1.88. The van der Waals surface area contributed by atoms with Gasteiger partial charge in [0.25, 0.3) is 0 Å². The Bertz CT molecular complexity index is 652. The van der Waals surface area contributed by atoms with E-state index >= 15 is 0 Å². The van der Waals surface area contributed by atoms with Crippen LogP contribution in [0.4, 0.5) is 0 Å². The second-order valence-corrected chi connectivity index (χ2v) is 9.11. The maximum absolute atomic E-state index is 13.1. The van der Waals surface area contributed by atoms with Crippen LogP contribution in [-0.2, 0) is 11.2 Å². The molecule has 1 aromatic carbocycles. The van der Waals surface area contributed by atoms with Crippen molar-refractivity contribution >= 4 is 5.91 Å². The van der Waals surface area contributed by atoms with E-state index < -0.39 is 0 Å². The Morgan fingerprint density at radius 2 is 2.00 bits per heavy atom. The second kappa shape index (κ2) is 8.91. The monoisotopic (exact) mass is 385 g/mol. The van der Waals surface area contributed by atoms with Gasteiger partial charge in [0.1, 0.15) is 6.04 Å². The molecule has 0 aliphatic carbocycles. The highest BCUT2D eigenvalue weighted by Gasteiger charge is 2.39. The molecule has 1 amide bonds. The van der Waals surface area contributed by atoms with Crippen molar-refractivity contribution in [3.63, 3.8) is 0 Å². The van der Waals surface area contributed by atoms with Gasteiger partial charge in [0, 0.05) is 31.7 Å². The lowest BCUT2D eigenvalue weighted by Gasteiger charge is -2.38. The number of likely N-dealkylation sites (tertiary alicyclic amines) is 1. The van der Waals surface area contributed by atoms with Gasteiger partial charge in [0.2, 0.25) is 5.91 Å². The molecular weight excluding hydrogens is 350 g/mol. The van der Waals surface area contributed by atoms with Crippen molar-refractivity contribution in [1.82, 2.24) is 26.6 Å². The van der Waals surface area contributed by atoms with Crippen LogP contribution < -0.4 is 21.7 Å². The van der Waals surface area contributed by atoms with E-state index in [-0.39, 0.29) is 11.9 Å². The zero-order valence-corrected chi connectivity index (χ0v) is 17.2. The Morgan fingerprint density at radius 3 is 2.75 bits per heavy atom. The molecule has 0 radical (unpaired) electrons. The number of hydrogen-bond acceptors (Lipinski definition) is 5. The predicted molar refractivity (Wildman–Crippen MR) is 111 cm³/mol. The van der Waals surface area contributed by atoms with E-state index in [9.17, 15) is 4.79 Å². The largest absolute Gasteiger partial charge is 0.341 e. The Morgan fingerprint density at radius 1 is 1.18 bits per heavy atom. The number of hydrogen-bond donors (Lipinski definition) is 4. The molecule has 5 atom stereocenters. The van der Waals surface area contributed by atoms with E-state index in [0.717, 1.165) is 38.9 Å². The highest BCUT2D eigenvalue weighted by atomic mass is 16.2. The number of rotatable bonds is 5. The van der Waals surface area contributed by atoms with Crippen molar-refractivity contribution < 1.29 is 4.79 Å². The molecule has 0 spiro atoms. The molecule has 1 aromatic rings. The van der Waals surface area contributed by atoms with Gasteiger partial charge in [0.15, 0.2) is 0 Å². The fourth-order valence-corrected chi connectivity index (χ4v) is 5.08. The minimum Gasteiger partial charge on any atom is -0.341 e. The first-order valence-corrected chi connectivity index (χ1v) is 10.9. The summed E-state index contributed by atoms with van der Waals surface area (Å²) >= 11 is 0. The van der Waals surface area contributed by atoms with Crippen LogP contribution in [0.25, 0.3) is 0 Å². The van der Waals surface area contributed by atoms with E-state index in [2.05, 4.69) is 70.8 Å². The van der Waals surface area contributed by atoms with Crippen LogP contribution in [0.2, 0.25) is 0 Å². The fraction of sp³-hybridized carbons (Fsp3) is 0.682. The minimum absolute atomic E-state index is 0.0825. The smallest absolute Gasteiger partial charge is 0.241 e. The molecule has 5 unspecified atom stereocenters. The molecule has 3 aliphatic rings. The molecular formula is C22H35N5O. The van der Waals surface area contributed by atoms with Crippen LogP contribution in [0.5, 0.6) is 0 Å². The maximum atomic E-state index is 13.1. The first kappa shape index (κ1) is 19.8. The maximum Gasteiger partial charge on any atom is 0.241 e. The lowest BCUT2D eigenvalue weighted by molar-refractivity contribution is -0.135. The van der Waals surface area contributed by atoms with Crippen LogP contribution in [0.15, 0.2) is 30.3 Å². The summed E-state index contributed by atoms with van der Waals surface area (Å²) in [6.45, 7) is 7.16. The Labute approximate surface area is 168 Å². The molecule has 4 N–H and O–H groups in total. The molecule has 0 saturated carbocycles. The molecule has 0 aromatic heterocycles. The van der Waals surface area contributed by atoms with Gasteiger partial charge in [-0.25, -0.2) is 5.43 Å². The Kier molecular flexibility index (Phi) is 6.31. The second-order valence-electron chi connectivity index (χ2n) is 9.11. The van der Waals surface area contributed by atoms with Crippen LogP contribution in [0.3, 0.4) is 0 Å². The normalized spacial score (nSPS) is 33.5. The number of benzene rings is 1. The number of nitrogens with zero attached hydrogens (tertiary/aromatic N) is 1. The molecule has 28 heavy (non-hydrogen) atoms. The summed E-state index contributed by atoms with van der Waals surface area (Å²) in [7, 11) is 0. The molecule has 3 aliphatic heterocycles. The summed E-state index contributed by atoms with van der Waals surface area (Å²) in [5.41, 5.74) is 14.9. The van der Waals surface area contributed by atoms with Crippen molar-refractivity contribution in [2.45, 2.75) is 57.7 Å². The van der Waals surface area contributed by atoms with Gasteiger partial charge in [-0.05, 0) is 49.0 Å². The fourth-order valence-electron chi connectivity index (χ4n) is 5.08. The zero-order valence-electron chi connectivity index (χ0n) is 17.2. The summed E-state index contributed by atoms with van der Waals surface area (Å²) in [5, 5.41) is 0. The summed E-state index contributed by atoms with van der Waals surface area (Å²) in [6.07, 6.45) is 4.26. The lowest BCUT2D eigenvalue weighted by Crippen LogP contribution is -2.53. The summed E-state index contributed by atoms with van der Waals surface area (Å²) < 4.78 is 0. The Hall–Kier alpha value is -1.47. The Balaban J connectivity index is 1.36. The number of carbonyl (C=O) groups is 1. The van der Waals surface area contributed by atoms with Crippen LogP contribution in [-0.4, -0.2) is 48.6 Å². The van der Waals surface area contributed by atoms with Crippen molar-refractivity contribution in [1.29, 1.82) is 0 Å². The first-order chi connectivity index (χ1) is 13.6. The quantitative estimate of drug-likeness (QED) is 0.618. The van der Waals surface area contributed by atoms with Gasteiger partial charge in [0.05, 0.1) is 0 Å². The standard InChI is InChI=1S/C22H35N5O/c1-15(2)19-12-20(25-24-19)22(28)27-10-6-9-17(14-27)21-18(13-23-26-21)11-16-7-4-3-5-8-16/h3-5,7-8,15,17-21,23-26H,6,9-14H2,1-2H3. The highest BCUT2D eigenvalue weighted by molar-refractivity contribution is 5.82. The van der Waals surface area contributed by atoms with Crippen LogP contribution >= 0.6 is 0 Å². The van der Waals surface area contributed by atoms with Gasteiger partial charge in [-0.2, -0.15) is 0 Å². The third-order valence-electron chi connectivity index (χ3n) is 6.79. The number of nitrogens with one attached hydrogen (secondary N) is 4. The van der Waals surface area contributed by atoms with E-state index in [1.807, 2.05) is 0 Å². The average molecular weight is 386 g/mol. The summed E-state index contributed by atoms with van der Waals surface area (Å²) in [4.78, 5) is 15.2. The summed E-state index contributed by atoms with van der Waals surface area (Å²) in [6, 6.07) is 11.5. The zero-order chi connectivity index (χ0) is 19.5. The number of carbonyl (C=O) groups excluding carboxylic acids is 1. The average Bonchev–Trinajstić information content (AvgIpc) is 3.38. The van der Waals surface area contributed by atoms with Crippen LogP contribution in [0, 0.1) is 17.8 Å². The van der Waals surface area contributed by atoms with Gasteiger partial charge in [-0.1, -0.05) is 44.2 Å². The minimum atomic E-state index is -0.0825. The third kappa shape index (κ3) is 4.40. The van der Waals surface area contributed by atoms with Crippen molar-refractivity contribution in [3.05, 3.63) is 35.9 Å². The van der Waals surface area contributed by atoms with E-state index in [1.165, 1.54) is 12.0 Å².